The highest BCUT2D eigenvalue weighted by atomic mass is 16.5. The average molecular weight is 370 g/mol. The lowest BCUT2D eigenvalue weighted by molar-refractivity contribution is 0.0947. The van der Waals surface area contributed by atoms with Crippen molar-refractivity contribution in [1.29, 1.82) is 0 Å². The Kier molecular flexibility index (Phi) is 6.06. The molecule has 1 N–H and O–H groups in total. The molecule has 1 saturated heterocycles. The quantitative estimate of drug-likeness (QED) is 0.811. The molecule has 0 aliphatic carbocycles. The summed E-state index contributed by atoms with van der Waals surface area (Å²) in [5, 5.41) is 3.00. The van der Waals surface area contributed by atoms with E-state index in [0.717, 1.165) is 18.7 Å². The van der Waals surface area contributed by atoms with Gasteiger partial charge >= 0.3 is 0 Å². The molecule has 1 heterocycles. The number of carbonyl (C=O) groups excluding carboxylic acids is 1. The molecule has 1 aliphatic heterocycles. The van der Waals surface area contributed by atoms with Crippen molar-refractivity contribution in [2.45, 2.75) is 19.4 Å². The van der Waals surface area contributed by atoms with Crippen LogP contribution in [0.15, 0.2) is 36.4 Å². The molecule has 2 aromatic carbocycles. The van der Waals surface area contributed by atoms with Crippen LogP contribution in [0.4, 0.5) is 5.69 Å². The molecule has 3 rings (SSSR count). The average Bonchev–Trinajstić information content (AvgIpc) is 3.25. The molecule has 0 spiro atoms. The van der Waals surface area contributed by atoms with Gasteiger partial charge in [-0.2, -0.15) is 0 Å². The minimum atomic E-state index is -0.218. The Morgan fingerprint density at radius 3 is 2.26 bits per heavy atom. The van der Waals surface area contributed by atoms with E-state index in [9.17, 15) is 4.79 Å². The van der Waals surface area contributed by atoms with E-state index in [0.29, 0.717) is 29.4 Å². The molecule has 6 nitrogen and oxygen atoms in total. The summed E-state index contributed by atoms with van der Waals surface area (Å²) >= 11 is 0. The number of anilines is 1. The minimum absolute atomic E-state index is 0.218. The van der Waals surface area contributed by atoms with Gasteiger partial charge in [-0.25, -0.2) is 0 Å². The number of ether oxygens (including phenoxy) is 3. The fraction of sp³-hybridized carbons (Fsp3) is 0.381. The molecule has 1 aliphatic rings. The second kappa shape index (κ2) is 8.66. The number of amides is 1. The molecule has 0 atom stereocenters. The maximum absolute atomic E-state index is 12.8. The van der Waals surface area contributed by atoms with Crippen LogP contribution in [0.1, 0.15) is 28.8 Å². The Morgan fingerprint density at radius 1 is 0.963 bits per heavy atom. The van der Waals surface area contributed by atoms with Crippen molar-refractivity contribution < 1.29 is 19.0 Å². The van der Waals surface area contributed by atoms with E-state index in [1.54, 1.807) is 19.2 Å². The molecule has 0 bridgehead atoms. The first-order valence-corrected chi connectivity index (χ1v) is 9.09. The second-order valence-electron chi connectivity index (χ2n) is 6.41. The molecule has 0 saturated carbocycles. The number of rotatable bonds is 7. The standard InChI is InChI=1S/C21H26N2O4/c1-25-18-13-20(27-3)19(26-2)12-16(18)21(24)22-14-15-8-4-5-9-17(15)23-10-6-7-11-23/h4-5,8-9,12-13H,6-7,10-11,14H2,1-3H3,(H,22,24). The van der Waals surface area contributed by atoms with Crippen LogP contribution in [0.3, 0.4) is 0 Å². The number of para-hydroxylation sites is 1. The first-order chi connectivity index (χ1) is 13.2. The van der Waals surface area contributed by atoms with Crippen LogP contribution in [-0.2, 0) is 6.54 Å². The van der Waals surface area contributed by atoms with Gasteiger partial charge in [0.1, 0.15) is 5.75 Å². The van der Waals surface area contributed by atoms with Crippen molar-refractivity contribution in [1.82, 2.24) is 5.32 Å². The van der Waals surface area contributed by atoms with E-state index in [1.807, 2.05) is 12.1 Å². The summed E-state index contributed by atoms with van der Waals surface area (Å²) in [7, 11) is 4.62. The lowest BCUT2D eigenvalue weighted by atomic mass is 10.1. The van der Waals surface area contributed by atoms with Gasteiger partial charge in [-0.3, -0.25) is 4.79 Å². The smallest absolute Gasteiger partial charge is 0.255 e. The van der Waals surface area contributed by atoms with E-state index in [4.69, 9.17) is 14.2 Å². The van der Waals surface area contributed by atoms with Crippen LogP contribution in [0.2, 0.25) is 0 Å². The third-order valence-corrected chi connectivity index (χ3v) is 4.83. The van der Waals surface area contributed by atoms with Gasteiger partial charge < -0.3 is 24.4 Å². The third kappa shape index (κ3) is 4.10. The van der Waals surface area contributed by atoms with Gasteiger partial charge in [0.15, 0.2) is 11.5 Å². The molecule has 144 valence electrons. The van der Waals surface area contributed by atoms with Crippen LogP contribution in [0.25, 0.3) is 0 Å². The summed E-state index contributed by atoms with van der Waals surface area (Å²) in [6, 6.07) is 11.5. The summed E-state index contributed by atoms with van der Waals surface area (Å²) in [5.41, 5.74) is 2.70. The normalized spacial score (nSPS) is 13.4. The Bertz CT molecular complexity index is 801. The Hall–Kier alpha value is -2.89. The van der Waals surface area contributed by atoms with E-state index < -0.39 is 0 Å². The Balaban J connectivity index is 1.79. The summed E-state index contributed by atoms with van der Waals surface area (Å²) < 4.78 is 15.9. The monoisotopic (exact) mass is 370 g/mol. The third-order valence-electron chi connectivity index (χ3n) is 4.83. The van der Waals surface area contributed by atoms with Gasteiger partial charge in [-0.1, -0.05) is 18.2 Å². The number of hydrogen-bond acceptors (Lipinski definition) is 5. The topological polar surface area (TPSA) is 60.0 Å². The molecule has 0 radical (unpaired) electrons. The fourth-order valence-corrected chi connectivity index (χ4v) is 3.40. The van der Waals surface area contributed by atoms with Gasteiger partial charge in [0.25, 0.3) is 5.91 Å². The summed E-state index contributed by atoms with van der Waals surface area (Å²) in [6.07, 6.45) is 2.42. The number of nitrogens with one attached hydrogen (secondary N) is 1. The molecular weight excluding hydrogens is 344 g/mol. The van der Waals surface area contributed by atoms with E-state index in [2.05, 4.69) is 22.3 Å². The number of nitrogens with zero attached hydrogens (tertiary/aromatic N) is 1. The van der Waals surface area contributed by atoms with E-state index in [-0.39, 0.29) is 5.91 Å². The van der Waals surface area contributed by atoms with Gasteiger partial charge in [-0.15, -0.1) is 0 Å². The molecule has 0 aromatic heterocycles. The van der Waals surface area contributed by atoms with Gasteiger partial charge in [-0.05, 0) is 24.5 Å². The molecule has 0 unspecified atom stereocenters. The fourth-order valence-electron chi connectivity index (χ4n) is 3.40. The zero-order chi connectivity index (χ0) is 19.2. The lowest BCUT2D eigenvalue weighted by Gasteiger charge is -2.21. The highest BCUT2D eigenvalue weighted by Gasteiger charge is 2.19. The van der Waals surface area contributed by atoms with Gasteiger partial charge in [0, 0.05) is 37.5 Å². The van der Waals surface area contributed by atoms with Gasteiger partial charge in [0.2, 0.25) is 0 Å². The highest BCUT2D eigenvalue weighted by molar-refractivity contribution is 5.97. The summed E-state index contributed by atoms with van der Waals surface area (Å²) in [4.78, 5) is 15.2. The number of methoxy groups -OCH3 is 3. The molecule has 6 heteroatoms. The minimum Gasteiger partial charge on any atom is -0.496 e. The first kappa shape index (κ1) is 18.9. The molecule has 1 amide bonds. The van der Waals surface area contributed by atoms with Crippen LogP contribution in [0.5, 0.6) is 17.2 Å². The van der Waals surface area contributed by atoms with Crippen LogP contribution >= 0.6 is 0 Å². The zero-order valence-corrected chi connectivity index (χ0v) is 16.1. The SMILES string of the molecule is COc1cc(OC)c(C(=O)NCc2ccccc2N2CCCC2)cc1OC. The largest absolute Gasteiger partial charge is 0.496 e. The van der Waals surface area contributed by atoms with Crippen molar-refractivity contribution in [3.63, 3.8) is 0 Å². The predicted molar refractivity (Wildman–Crippen MR) is 105 cm³/mol. The van der Waals surface area contributed by atoms with Crippen LogP contribution in [0, 0.1) is 0 Å². The van der Waals surface area contributed by atoms with Crippen molar-refractivity contribution in [3.05, 3.63) is 47.5 Å². The highest BCUT2D eigenvalue weighted by Crippen LogP contribution is 2.34. The summed E-state index contributed by atoms with van der Waals surface area (Å²) in [5.74, 6) is 1.23. The van der Waals surface area contributed by atoms with Crippen LogP contribution < -0.4 is 24.4 Å². The van der Waals surface area contributed by atoms with E-state index >= 15 is 0 Å². The number of benzene rings is 2. The number of carbonyl (C=O) groups is 1. The Morgan fingerprint density at radius 2 is 1.59 bits per heavy atom. The van der Waals surface area contributed by atoms with Gasteiger partial charge in [0.05, 0.1) is 26.9 Å². The summed E-state index contributed by atoms with van der Waals surface area (Å²) in [6.45, 7) is 2.58. The zero-order valence-electron chi connectivity index (χ0n) is 16.1. The lowest BCUT2D eigenvalue weighted by Crippen LogP contribution is -2.26. The molecular formula is C21H26N2O4. The van der Waals surface area contributed by atoms with Crippen LogP contribution in [-0.4, -0.2) is 40.3 Å². The molecule has 27 heavy (non-hydrogen) atoms. The molecule has 2 aromatic rings. The maximum Gasteiger partial charge on any atom is 0.255 e. The maximum atomic E-state index is 12.8. The number of hydrogen-bond donors (Lipinski definition) is 1. The van der Waals surface area contributed by atoms with Crippen molar-refractivity contribution >= 4 is 11.6 Å². The molecule has 1 fully saturated rings. The van der Waals surface area contributed by atoms with E-state index in [1.165, 1.54) is 32.7 Å². The first-order valence-electron chi connectivity index (χ1n) is 9.09. The van der Waals surface area contributed by atoms with Crippen molar-refractivity contribution in [2.75, 3.05) is 39.3 Å². The van der Waals surface area contributed by atoms with Crippen molar-refractivity contribution in [3.8, 4) is 17.2 Å². The second-order valence-corrected chi connectivity index (χ2v) is 6.41. The Labute approximate surface area is 160 Å². The van der Waals surface area contributed by atoms with Crippen molar-refractivity contribution in [2.24, 2.45) is 0 Å². The predicted octanol–water partition coefficient (Wildman–Crippen LogP) is 3.24.